The lowest BCUT2D eigenvalue weighted by Gasteiger charge is -1.80. The van der Waals surface area contributed by atoms with Crippen molar-refractivity contribution >= 4 is 5.91 Å². The minimum Gasteiger partial charge on any atom is -0.359 e. The van der Waals surface area contributed by atoms with Crippen LogP contribution in [-0.4, -0.2) is 20.0 Å². The molecule has 0 fully saturated rings. The van der Waals surface area contributed by atoms with Crippen LogP contribution in [0.25, 0.3) is 0 Å². The summed E-state index contributed by atoms with van der Waals surface area (Å²) in [6.07, 6.45) is 0. The van der Waals surface area contributed by atoms with Crippen LogP contribution in [0.3, 0.4) is 0 Å². The van der Waals surface area contributed by atoms with Gasteiger partial charge in [0.1, 0.15) is 0 Å². The third-order valence-corrected chi connectivity index (χ3v) is 0.352. The van der Waals surface area contributed by atoms with Crippen LogP contribution in [0.1, 0.15) is 6.92 Å². The monoisotopic (exact) mass is 104 g/mol. The summed E-state index contributed by atoms with van der Waals surface area (Å²) in [6.45, 7) is 1.47. The van der Waals surface area contributed by atoms with Crippen LogP contribution in [0.2, 0.25) is 0 Å². The van der Waals surface area contributed by atoms with Gasteiger partial charge in [-0.2, -0.15) is 0 Å². The number of nitrogens with one attached hydrogen (secondary N) is 1. The molecule has 0 rings (SSSR count). The molecule has 0 spiro atoms. The van der Waals surface area contributed by atoms with Gasteiger partial charge in [0, 0.05) is 14.0 Å². The molecule has 0 saturated carbocycles. The number of nitrogens with two attached hydrogens (primary N) is 1. The van der Waals surface area contributed by atoms with Gasteiger partial charge >= 0.3 is 0 Å². The van der Waals surface area contributed by atoms with E-state index in [1.54, 1.807) is 7.05 Å². The molecule has 3 heteroatoms. The van der Waals surface area contributed by atoms with Gasteiger partial charge < -0.3 is 11.1 Å². The van der Waals surface area contributed by atoms with Crippen LogP contribution in [-0.2, 0) is 4.79 Å². The topological polar surface area (TPSA) is 55.1 Å². The SMILES string of the molecule is CN.CNC(C)=O. The van der Waals surface area contributed by atoms with Gasteiger partial charge in [-0.1, -0.05) is 0 Å². The first kappa shape index (κ1) is 9.66. The third kappa shape index (κ3) is 31.2. The highest BCUT2D eigenvalue weighted by molar-refractivity contribution is 5.72. The highest BCUT2D eigenvalue weighted by Crippen LogP contribution is 1.45. The fourth-order valence-electron chi connectivity index (χ4n) is 0. The van der Waals surface area contributed by atoms with Crippen molar-refractivity contribution in [1.82, 2.24) is 5.32 Å². The minimum absolute atomic E-state index is 0.00463. The Morgan fingerprint density at radius 1 is 1.57 bits per heavy atom. The molecule has 3 N–H and O–H groups in total. The van der Waals surface area contributed by atoms with E-state index in [0.29, 0.717) is 0 Å². The van der Waals surface area contributed by atoms with Gasteiger partial charge in [0.25, 0.3) is 0 Å². The average molecular weight is 104 g/mol. The van der Waals surface area contributed by atoms with Crippen LogP contribution in [0.5, 0.6) is 0 Å². The van der Waals surface area contributed by atoms with Crippen molar-refractivity contribution in [2.45, 2.75) is 6.92 Å². The van der Waals surface area contributed by atoms with E-state index in [2.05, 4.69) is 11.1 Å². The summed E-state index contributed by atoms with van der Waals surface area (Å²) in [5.41, 5.74) is 4.50. The summed E-state index contributed by atoms with van der Waals surface area (Å²) in [5.74, 6) is 0.00463. The van der Waals surface area contributed by atoms with Gasteiger partial charge in [0.2, 0.25) is 5.91 Å². The van der Waals surface area contributed by atoms with E-state index in [1.165, 1.54) is 14.0 Å². The first-order valence-electron chi connectivity index (χ1n) is 2.03. The third-order valence-electron chi connectivity index (χ3n) is 0.352. The number of carbonyl (C=O) groups excluding carboxylic acids is 1. The molecule has 0 aromatic carbocycles. The second-order valence-electron chi connectivity index (χ2n) is 0.806. The summed E-state index contributed by atoms with van der Waals surface area (Å²) >= 11 is 0. The Hall–Kier alpha value is -0.570. The van der Waals surface area contributed by atoms with E-state index in [1.807, 2.05) is 0 Å². The Kier molecular flexibility index (Phi) is 12.5. The first-order chi connectivity index (χ1) is 3.27. The van der Waals surface area contributed by atoms with Crippen molar-refractivity contribution in [1.29, 1.82) is 0 Å². The molecule has 0 heterocycles. The standard InChI is InChI=1S/C3H7NO.CH5N/c1-3(5)4-2;1-2/h1-2H3,(H,4,5);2H2,1H3. The molecule has 0 atom stereocenters. The molecule has 0 saturated heterocycles. The van der Waals surface area contributed by atoms with Crippen LogP contribution in [0, 0.1) is 0 Å². The number of carbonyl (C=O) groups is 1. The molecular formula is C4H12N2O. The molecular weight excluding hydrogens is 92.1 g/mol. The van der Waals surface area contributed by atoms with E-state index >= 15 is 0 Å². The molecule has 1 amide bonds. The predicted molar refractivity (Wildman–Crippen MR) is 29.9 cm³/mol. The van der Waals surface area contributed by atoms with E-state index in [0.717, 1.165) is 0 Å². The van der Waals surface area contributed by atoms with Crippen molar-refractivity contribution in [2.75, 3.05) is 14.1 Å². The number of rotatable bonds is 0. The molecule has 0 aliphatic carbocycles. The number of amides is 1. The van der Waals surface area contributed by atoms with Crippen molar-refractivity contribution in [3.63, 3.8) is 0 Å². The highest BCUT2D eigenvalue weighted by Gasteiger charge is 1.72. The average Bonchev–Trinajstić information content (AvgIpc) is 1.73. The molecule has 7 heavy (non-hydrogen) atoms. The smallest absolute Gasteiger partial charge is 0.216 e. The normalized spacial score (nSPS) is 5.71. The van der Waals surface area contributed by atoms with Crippen molar-refractivity contribution < 1.29 is 4.79 Å². The van der Waals surface area contributed by atoms with Crippen molar-refractivity contribution in [3.8, 4) is 0 Å². The van der Waals surface area contributed by atoms with Gasteiger partial charge in [0.05, 0.1) is 0 Å². The zero-order valence-electron chi connectivity index (χ0n) is 4.99. The Labute approximate surface area is 43.9 Å². The summed E-state index contributed by atoms with van der Waals surface area (Å²) in [4.78, 5) is 9.70. The second-order valence-corrected chi connectivity index (χ2v) is 0.806. The second kappa shape index (κ2) is 9.06. The zero-order valence-corrected chi connectivity index (χ0v) is 4.99. The van der Waals surface area contributed by atoms with Gasteiger partial charge in [-0.15, -0.1) is 0 Å². The predicted octanol–water partition coefficient (Wildman–Crippen LogP) is -0.673. The Morgan fingerprint density at radius 2 is 1.71 bits per heavy atom. The summed E-state index contributed by atoms with van der Waals surface area (Å²) in [6, 6.07) is 0. The van der Waals surface area contributed by atoms with E-state index in [9.17, 15) is 4.79 Å². The van der Waals surface area contributed by atoms with Crippen molar-refractivity contribution in [3.05, 3.63) is 0 Å². The van der Waals surface area contributed by atoms with E-state index in [-0.39, 0.29) is 5.91 Å². The molecule has 0 aromatic rings. The molecule has 44 valence electrons. The fraction of sp³-hybridized carbons (Fsp3) is 0.750. The molecule has 0 aliphatic heterocycles. The van der Waals surface area contributed by atoms with Crippen LogP contribution < -0.4 is 11.1 Å². The largest absolute Gasteiger partial charge is 0.359 e. The Bertz CT molecular complexity index is 45.0. The number of hydrogen-bond acceptors (Lipinski definition) is 2. The molecule has 0 radical (unpaired) electrons. The van der Waals surface area contributed by atoms with Crippen LogP contribution >= 0.6 is 0 Å². The zero-order chi connectivity index (χ0) is 6.28. The molecule has 3 nitrogen and oxygen atoms in total. The van der Waals surface area contributed by atoms with Gasteiger partial charge in [-0.25, -0.2) is 0 Å². The van der Waals surface area contributed by atoms with E-state index in [4.69, 9.17) is 0 Å². The minimum atomic E-state index is 0.00463. The summed E-state index contributed by atoms with van der Waals surface area (Å²) < 4.78 is 0. The molecule has 0 unspecified atom stereocenters. The van der Waals surface area contributed by atoms with Gasteiger partial charge in [0.15, 0.2) is 0 Å². The Morgan fingerprint density at radius 3 is 1.71 bits per heavy atom. The maximum absolute atomic E-state index is 9.70. The molecule has 0 bridgehead atoms. The maximum atomic E-state index is 9.70. The quantitative estimate of drug-likeness (QED) is 0.428. The molecule has 0 aromatic heterocycles. The highest BCUT2D eigenvalue weighted by atomic mass is 16.1. The van der Waals surface area contributed by atoms with E-state index < -0.39 is 0 Å². The lowest BCUT2D eigenvalue weighted by atomic mass is 10.7. The lowest BCUT2D eigenvalue weighted by molar-refractivity contribution is -0.118. The maximum Gasteiger partial charge on any atom is 0.216 e. The van der Waals surface area contributed by atoms with Gasteiger partial charge in [-0.3, -0.25) is 4.79 Å². The number of hydrogen-bond donors (Lipinski definition) is 2. The Balaban J connectivity index is 0. The summed E-state index contributed by atoms with van der Waals surface area (Å²) in [7, 11) is 3.10. The molecule has 0 aliphatic rings. The fourth-order valence-corrected chi connectivity index (χ4v) is 0. The van der Waals surface area contributed by atoms with Crippen LogP contribution in [0.4, 0.5) is 0 Å². The summed E-state index contributed by atoms with van der Waals surface area (Å²) in [5, 5.41) is 2.39. The van der Waals surface area contributed by atoms with Gasteiger partial charge in [-0.05, 0) is 7.05 Å². The van der Waals surface area contributed by atoms with Crippen LogP contribution in [0.15, 0.2) is 0 Å². The van der Waals surface area contributed by atoms with Crippen molar-refractivity contribution in [2.24, 2.45) is 5.73 Å². The lowest BCUT2D eigenvalue weighted by Crippen LogP contribution is -2.11. The first-order valence-corrected chi connectivity index (χ1v) is 2.03.